The molecule has 0 bridgehead atoms. The van der Waals surface area contributed by atoms with E-state index in [-0.39, 0.29) is 6.54 Å². The first-order valence-electron chi connectivity index (χ1n) is 16.3. The summed E-state index contributed by atoms with van der Waals surface area (Å²) in [6.45, 7) is 0.398. The lowest BCUT2D eigenvalue weighted by atomic mass is 9.87. The van der Waals surface area contributed by atoms with Gasteiger partial charge in [0.05, 0.1) is 28.7 Å². The van der Waals surface area contributed by atoms with Crippen molar-refractivity contribution in [3.05, 3.63) is 106 Å². The van der Waals surface area contributed by atoms with Gasteiger partial charge in [-0.05, 0) is 66.4 Å². The van der Waals surface area contributed by atoms with Gasteiger partial charge in [-0.1, -0.05) is 79.6 Å². The third kappa shape index (κ3) is 7.59. The second kappa shape index (κ2) is 14.2. The van der Waals surface area contributed by atoms with Crippen LogP contribution < -0.4 is 13.8 Å². The Kier molecular flexibility index (Phi) is 9.57. The highest BCUT2D eigenvalue weighted by Crippen LogP contribution is 2.32. The lowest BCUT2D eigenvalue weighted by Crippen LogP contribution is -2.29. The quantitative estimate of drug-likeness (QED) is 0.160. The minimum absolute atomic E-state index is 0.267. The molecule has 1 aliphatic heterocycles. The highest BCUT2D eigenvalue weighted by Gasteiger charge is 2.34. The zero-order valence-corrected chi connectivity index (χ0v) is 28.9. The van der Waals surface area contributed by atoms with E-state index >= 15 is 0 Å². The Hall–Kier alpha value is -4.45. The molecule has 252 valence electrons. The highest BCUT2D eigenvalue weighted by molar-refractivity contribution is 7.92. The first-order chi connectivity index (χ1) is 23.7. The van der Waals surface area contributed by atoms with E-state index in [1.54, 1.807) is 36.4 Å². The molecule has 0 radical (unpaired) electrons. The number of hydrogen-bond acceptors (Lipinski definition) is 7. The lowest BCUT2D eigenvalue weighted by Gasteiger charge is -2.21. The summed E-state index contributed by atoms with van der Waals surface area (Å²) in [6, 6.07) is 24.0. The summed E-state index contributed by atoms with van der Waals surface area (Å²) < 4.78 is 35.6. The predicted octanol–water partition coefficient (Wildman–Crippen LogP) is 7.42. The van der Waals surface area contributed by atoms with Crippen LogP contribution >= 0.6 is 23.2 Å². The Morgan fingerprint density at radius 2 is 1.61 bits per heavy atom. The van der Waals surface area contributed by atoms with Crippen molar-refractivity contribution in [1.82, 2.24) is 24.5 Å². The molecule has 10 nitrogen and oxygen atoms in total. The van der Waals surface area contributed by atoms with Crippen LogP contribution in [0.1, 0.15) is 49.9 Å². The molecule has 1 saturated carbocycles. The normalized spacial score (nSPS) is 16.1. The third-order valence-corrected chi connectivity index (χ3v) is 10.9. The molecule has 2 aromatic heterocycles. The van der Waals surface area contributed by atoms with Gasteiger partial charge in [-0.25, -0.2) is 14.0 Å². The Bertz CT molecular complexity index is 2060. The van der Waals surface area contributed by atoms with Crippen molar-refractivity contribution in [3.63, 3.8) is 0 Å². The Labute approximate surface area is 295 Å². The second-order valence-corrected chi connectivity index (χ2v) is 14.8. The number of rotatable bonds is 10. The van der Waals surface area contributed by atoms with Crippen LogP contribution in [0.25, 0.3) is 28.2 Å². The SMILES string of the molecule is O=C1CN(c2ccc(-n3cc(-c4ccc(Cl)cc4Cl)nc3Cc3ccc(-c4ccc(OCCC5CCCCC5)nn4)cc3)cc2)S(=O)(=O)N1. The first kappa shape index (κ1) is 33.1. The van der Waals surface area contributed by atoms with Gasteiger partial charge in [0.15, 0.2) is 0 Å². The fourth-order valence-electron chi connectivity index (χ4n) is 6.38. The Morgan fingerprint density at radius 1 is 0.857 bits per heavy atom. The fourth-order valence-corrected chi connectivity index (χ4v) is 8.04. The van der Waals surface area contributed by atoms with Crippen LogP contribution in [0.5, 0.6) is 5.88 Å². The van der Waals surface area contributed by atoms with E-state index in [2.05, 4.69) is 10.2 Å². The number of amides is 1. The van der Waals surface area contributed by atoms with Crippen molar-refractivity contribution >= 4 is 45.0 Å². The number of carbonyl (C=O) groups is 1. The van der Waals surface area contributed by atoms with Crippen LogP contribution in [0.15, 0.2) is 85.1 Å². The van der Waals surface area contributed by atoms with Crippen molar-refractivity contribution in [1.29, 1.82) is 0 Å². The molecule has 1 saturated heterocycles. The monoisotopic (exact) mass is 716 g/mol. The lowest BCUT2D eigenvalue weighted by molar-refractivity contribution is -0.117. The van der Waals surface area contributed by atoms with Gasteiger partial charge in [0, 0.05) is 40.5 Å². The van der Waals surface area contributed by atoms with E-state index in [9.17, 15) is 13.2 Å². The number of hydrogen-bond donors (Lipinski definition) is 1. The molecule has 3 aromatic carbocycles. The number of halogens is 2. The van der Waals surface area contributed by atoms with Crippen LogP contribution in [-0.4, -0.2) is 47.2 Å². The molecule has 2 fully saturated rings. The van der Waals surface area contributed by atoms with E-state index in [0.717, 1.165) is 50.5 Å². The number of imidazole rings is 1. The van der Waals surface area contributed by atoms with Crippen molar-refractivity contribution < 1.29 is 17.9 Å². The van der Waals surface area contributed by atoms with Crippen LogP contribution in [0, 0.1) is 5.92 Å². The second-order valence-electron chi connectivity index (χ2n) is 12.4. The summed E-state index contributed by atoms with van der Waals surface area (Å²) in [6.07, 6.45) is 10.0. The van der Waals surface area contributed by atoms with Gasteiger partial charge >= 0.3 is 10.2 Å². The van der Waals surface area contributed by atoms with Gasteiger partial charge in [0.2, 0.25) is 5.88 Å². The topological polar surface area (TPSA) is 119 Å². The van der Waals surface area contributed by atoms with Crippen LogP contribution in [0.2, 0.25) is 10.0 Å². The number of aromatic nitrogens is 4. The smallest absolute Gasteiger partial charge is 0.326 e. The number of nitrogens with one attached hydrogen (secondary N) is 1. The number of carbonyl (C=O) groups excluding carboxylic acids is 1. The van der Waals surface area contributed by atoms with Gasteiger partial charge in [-0.2, -0.15) is 8.42 Å². The average molecular weight is 718 g/mol. The van der Waals surface area contributed by atoms with Crippen LogP contribution in [0.3, 0.4) is 0 Å². The van der Waals surface area contributed by atoms with Gasteiger partial charge < -0.3 is 9.30 Å². The number of ether oxygens (including phenoxy) is 1. The van der Waals surface area contributed by atoms with Gasteiger partial charge in [-0.3, -0.25) is 4.79 Å². The first-order valence-corrected chi connectivity index (χ1v) is 18.4. The van der Waals surface area contributed by atoms with Gasteiger partial charge in [0.1, 0.15) is 12.4 Å². The van der Waals surface area contributed by atoms with Crippen molar-refractivity contribution in [2.75, 3.05) is 17.5 Å². The third-order valence-electron chi connectivity index (χ3n) is 8.97. The van der Waals surface area contributed by atoms with E-state index in [1.165, 1.54) is 32.1 Å². The van der Waals surface area contributed by atoms with E-state index in [1.807, 2.05) is 58.0 Å². The highest BCUT2D eigenvalue weighted by atomic mass is 35.5. The summed E-state index contributed by atoms with van der Waals surface area (Å²) in [5.41, 5.74) is 5.22. The van der Waals surface area contributed by atoms with Gasteiger partial charge in [-0.15, -0.1) is 10.2 Å². The van der Waals surface area contributed by atoms with Crippen molar-refractivity contribution in [3.8, 4) is 34.1 Å². The largest absolute Gasteiger partial charge is 0.477 e. The summed E-state index contributed by atoms with van der Waals surface area (Å²) in [5, 5.41) is 9.70. The minimum atomic E-state index is -3.92. The van der Waals surface area contributed by atoms with Crippen LogP contribution in [0.4, 0.5) is 5.69 Å². The number of benzene rings is 3. The maximum Gasteiger partial charge on any atom is 0.326 e. The Balaban J connectivity index is 1.10. The van der Waals surface area contributed by atoms with Gasteiger partial charge in [0.25, 0.3) is 5.91 Å². The molecule has 13 heteroatoms. The summed E-state index contributed by atoms with van der Waals surface area (Å²) >= 11 is 12.7. The summed E-state index contributed by atoms with van der Waals surface area (Å²) in [5.74, 6) is 1.46. The predicted molar refractivity (Wildman–Crippen MR) is 190 cm³/mol. The summed E-state index contributed by atoms with van der Waals surface area (Å²) in [7, 11) is -3.92. The van der Waals surface area contributed by atoms with E-state index < -0.39 is 16.1 Å². The zero-order valence-electron chi connectivity index (χ0n) is 26.6. The molecule has 3 heterocycles. The number of anilines is 1. The fraction of sp³-hybridized carbons (Fsp3) is 0.278. The molecule has 0 spiro atoms. The molecule has 1 N–H and O–H groups in total. The summed E-state index contributed by atoms with van der Waals surface area (Å²) in [4.78, 5) is 16.7. The average Bonchev–Trinajstić information content (AvgIpc) is 3.64. The molecular weight excluding hydrogens is 683 g/mol. The van der Waals surface area contributed by atoms with Crippen molar-refractivity contribution in [2.45, 2.75) is 44.9 Å². The van der Waals surface area contributed by atoms with E-state index in [4.69, 9.17) is 32.9 Å². The number of nitrogens with zero attached hydrogens (tertiary/aromatic N) is 5. The van der Waals surface area contributed by atoms with Crippen LogP contribution in [-0.2, 0) is 21.4 Å². The molecule has 1 amide bonds. The minimum Gasteiger partial charge on any atom is -0.477 e. The molecule has 1 aliphatic carbocycles. The zero-order chi connectivity index (χ0) is 34.0. The molecule has 49 heavy (non-hydrogen) atoms. The van der Waals surface area contributed by atoms with E-state index in [0.29, 0.717) is 40.3 Å². The molecule has 0 atom stereocenters. The maximum atomic E-state index is 12.4. The molecule has 0 unspecified atom stereocenters. The van der Waals surface area contributed by atoms with Crippen molar-refractivity contribution in [2.24, 2.45) is 5.92 Å². The Morgan fingerprint density at radius 3 is 2.29 bits per heavy atom. The molecule has 5 aromatic rings. The molecule has 2 aliphatic rings. The standard InChI is InChI=1S/C36H34Cl2N6O4S/c37-27-10-15-30(31(38)21-27)33-22-43(28-11-13-29(14-12-28)44-23-35(45)42-49(44,46)47)34(39-33)20-25-6-8-26(9-7-25)32-16-17-36(41-40-32)48-19-18-24-4-2-1-3-5-24/h6-17,21-22,24H,1-5,18-20,23H2,(H,42,45). The molecular formula is C36H34Cl2N6O4S. The molecule has 7 rings (SSSR count). The maximum absolute atomic E-state index is 12.4.